The SMILES string of the molecule is O=C(O)c1cc2[nH]c3c(c2cc1Cl)CCCC3. The highest BCUT2D eigenvalue weighted by Gasteiger charge is 2.18. The molecule has 0 saturated heterocycles. The van der Waals surface area contributed by atoms with Gasteiger partial charge in [0.2, 0.25) is 0 Å². The van der Waals surface area contributed by atoms with E-state index in [0.717, 1.165) is 23.7 Å². The third-order valence-corrected chi connectivity index (χ3v) is 3.73. The standard InChI is InChI=1S/C13H12ClNO2/c14-10-5-8-7-3-1-2-4-11(7)15-12(8)6-9(10)13(16)17/h5-6,15H,1-4H2,(H,16,17). The lowest BCUT2D eigenvalue weighted by Gasteiger charge is -2.10. The Kier molecular flexibility index (Phi) is 2.37. The van der Waals surface area contributed by atoms with Gasteiger partial charge in [-0.15, -0.1) is 0 Å². The van der Waals surface area contributed by atoms with Crippen LogP contribution in [0.4, 0.5) is 0 Å². The van der Waals surface area contributed by atoms with Crippen LogP contribution in [0, 0.1) is 0 Å². The van der Waals surface area contributed by atoms with Crippen LogP contribution in [0.3, 0.4) is 0 Å². The number of halogens is 1. The van der Waals surface area contributed by atoms with Gasteiger partial charge in [-0.1, -0.05) is 11.6 Å². The summed E-state index contributed by atoms with van der Waals surface area (Å²) in [7, 11) is 0. The van der Waals surface area contributed by atoms with Crippen molar-refractivity contribution in [3.8, 4) is 0 Å². The van der Waals surface area contributed by atoms with Crippen molar-refractivity contribution in [1.29, 1.82) is 0 Å². The number of hydrogen-bond acceptors (Lipinski definition) is 1. The van der Waals surface area contributed by atoms with Crippen molar-refractivity contribution >= 4 is 28.5 Å². The Bertz CT molecular complexity index is 615. The topological polar surface area (TPSA) is 53.1 Å². The van der Waals surface area contributed by atoms with Crippen molar-refractivity contribution in [2.45, 2.75) is 25.7 Å². The molecule has 0 atom stereocenters. The van der Waals surface area contributed by atoms with Crippen molar-refractivity contribution in [3.63, 3.8) is 0 Å². The molecular weight excluding hydrogens is 238 g/mol. The van der Waals surface area contributed by atoms with Gasteiger partial charge in [0.1, 0.15) is 0 Å². The Balaban J connectivity index is 2.28. The van der Waals surface area contributed by atoms with E-state index in [-0.39, 0.29) is 5.56 Å². The molecule has 2 aromatic rings. The van der Waals surface area contributed by atoms with Gasteiger partial charge >= 0.3 is 5.97 Å². The molecule has 0 spiro atoms. The molecule has 1 aliphatic rings. The molecule has 1 aliphatic carbocycles. The number of aromatic nitrogens is 1. The summed E-state index contributed by atoms with van der Waals surface area (Å²) in [6.45, 7) is 0. The van der Waals surface area contributed by atoms with Crippen LogP contribution in [-0.2, 0) is 12.8 Å². The molecule has 88 valence electrons. The van der Waals surface area contributed by atoms with Gasteiger partial charge in [0, 0.05) is 16.6 Å². The summed E-state index contributed by atoms with van der Waals surface area (Å²) in [6.07, 6.45) is 4.49. The second-order valence-electron chi connectivity index (χ2n) is 4.47. The van der Waals surface area contributed by atoms with Crippen LogP contribution in [0.15, 0.2) is 12.1 Å². The maximum atomic E-state index is 11.0. The number of carboxylic acid groups (broad SMARTS) is 1. The molecule has 0 bridgehead atoms. The molecular formula is C13H12ClNO2. The Morgan fingerprint density at radius 3 is 2.82 bits per heavy atom. The number of aromatic carboxylic acids is 1. The molecule has 2 N–H and O–H groups in total. The lowest BCUT2D eigenvalue weighted by molar-refractivity contribution is 0.0697. The number of fused-ring (bicyclic) bond motifs is 3. The van der Waals surface area contributed by atoms with E-state index in [0.29, 0.717) is 5.02 Å². The number of nitrogens with one attached hydrogen (secondary N) is 1. The van der Waals surface area contributed by atoms with Crippen LogP contribution in [0.25, 0.3) is 10.9 Å². The highest BCUT2D eigenvalue weighted by Crippen LogP contribution is 2.32. The maximum absolute atomic E-state index is 11.0. The minimum absolute atomic E-state index is 0.165. The summed E-state index contributed by atoms with van der Waals surface area (Å²) in [6, 6.07) is 3.42. The molecule has 17 heavy (non-hydrogen) atoms. The molecule has 0 unspecified atom stereocenters. The van der Waals surface area contributed by atoms with Gasteiger partial charge in [0.05, 0.1) is 10.6 Å². The van der Waals surface area contributed by atoms with E-state index in [4.69, 9.17) is 16.7 Å². The zero-order valence-corrected chi connectivity index (χ0v) is 9.97. The molecule has 0 fully saturated rings. The molecule has 1 aromatic heterocycles. The third kappa shape index (κ3) is 1.62. The number of rotatable bonds is 1. The zero-order valence-electron chi connectivity index (χ0n) is 9.22. The minimum atomic E-state index is -0.982. The maximum Gasteiger partial charge on any atom is 0.337 e. The van der Waals surface area contributed by atoms with E-state index in [1.54, 1.807) is 12.1 Å². The van der Waals surface area contributed by atoms with Crippen LogP contribution in [0.5, 0.6) is 0 Å². The highest BCUT2D eigenvalue weighted by molar-refractivity contribution is 6.34. The van der Waals surface area contributed by atoms with Crippen LogP contribution >= 0.6 is 11.6 Å². The van der Waals surface area contributed by atoms with Gasteiger partial charge in [0.25, 0.3) is 0 Å². The number of hydrogen-bond donors (Lipinski definition) is 2. The number of aromatic amines is 1. The molecule has 0 saturated carbocycles. The summed E-state index contributed by atoms with van der Waals surface area (Å²) in [5, 5.41) is 10.4. The Morgan fingerprint density at radius 2 is 2.06 bits per heavy atom. The molecule has 4 heteroatoms. The predicted octanol–water partition coefficient (Wildman–Crippen LogP) is 3.40. The number of H-pyrrole nitrogens is 1. The summed E-state index contributed by atoms with van der Waals surface area (Å²) < 4.78 is 0. The van der Waals surface area contributed by atoms with E-state index in [9.17, 15) is 4.79 Å². The number of aryl methyl sites for hydroxylation is 2. The van der Waals surface area contributed by atoms with Gasteiger partial charge in [0.15, 0.2) is 0 Å². The first-order valence-corrected chi connectivity index (χ1v) is 6.11. The first-order chi connectivity index (χ1) is 8.16. The van der Waals surface area contributed by atoms with Crippen LogP contribution in [-0.4, -0.2) is 16.1 Å². The molecule has 1 aromatic carbocycles. The fourth-order valence-corrected chi connectivity index (χ4v) is 2.84. The van der Waals surface area contributed by atoms with Crippen molar-refractivity contribution in [2.24, 2.45) is 0 Å². The van der Waals surface area contributed by atoms with Crippen LogP contribution in [0.2, 0.25) is 5.02 Å². The smallest absolute Gasteiger partial charge is 0.337 e. The van der Waals surface area contributed by atoms with E-state index in [2.05, 4.69) is 4.98 Å². The van der Waals surface area contributed by atoms with Crippen molar-refractivity contribution in [3.05, 3.63) is 34.0 Å². The van der Waals surface area contributed by atoms with Crippen molar-refractivity contribution in [2.75, 3.05) is 0 Å². The molecule has 0 aliphatic heterocycles. The fraction of sp³-hybridized carbons (Fsp3) is 0.308. The normalized spacial score (nSPS) is 14.9. The fourth-order valence-electron chi connectivity index (χ4n) is 2.59. The first-order valence-electron chi connectivity index (χ1n) is 5.73. The lowest BCUT2D eigenvalue weighted by Crippen LogP contribution is -2.00. The molecule has 0 radical (unpaired) electrons. The van der Waals surface area contributed by atoms with E-state index < -0.39 is 5.97 Å². The molecule has 3 rings (SSSR count). The van der Waals surface area contributed by atoms with Crippen LogP contribution < -0.4 is 0 Å². The molecule has 1 heterocycles. The first kappa shape index (κ1) is 10.7. The number of carboxylic acids is 1. The second-order valence-corrected chi connectivity index (χ2v) is 4.88. The average Bonchev–Trinajstić information content (AvgIpc) is 2.65. The Labute approximate surface area is 103 Å². The monoisotopic (exact) mass is 249 g/mol. The van der Waals surface area contributed by atoms with E-state index in [1.807, 2.05) is 0 Å². The second kappa shape index (κ2) is 3.77. The largest absolute Gasteiger partial charge is 0.478 e. The van der Waals surface area contributed by atoms with Gasteiger partial charge < -0.3 is 10.1 Å². The van der Waals surface area contributed by atoms with E-state index >= 15 is 0 Å². The van der Waals surface area contributed by atoms with Gasteiger partial charge in [-0.2, -0.15) is 0 Å². The van der Waals surface area contributed by atoms with Crippen molar-refractivity contribution in [1.82, 2.24) is 4.98 Å². The minimum Gasteiger partial charge on any atom is -0.478 e. The summed E-state index contributed by atoms with van der Waals surface area (Å²) in [4.78, 5) is 14.3. The van der Waals surface area contributed by atoms with Crippen molar-refractivity contribution < 1.29 is 9.90 Å². The summed E-state index contributed by atoms with van der Waals surface area (Å²) >= 11 is 6.00. The number of carbonyl (C=O) groups is 1. The summed E-state index contributed by atoms with van der Waals surface area (Å²) in [5.74, 6) is -0.982. The lowest BCUT2D eigenvalue weighted by atomic mass is 9.95. The average molecular weight is 250 g/mol. The Hall–Kier alpha value is -1.48. The zero-order chi connectivity index (χ0) is 12.0. The van der Waals surface area contributed by atoms with Crippen LogP contribution in [0.1, 0.15) is 34.5 Å². The third-order valence-electron chi connectivity index (χ3n) is 3.42. The highest BCUT2D eigenvalue weighted by atomic mass is 35.5. The van der Waals surface area contributed by atoms with Gasteiger partial charge in [-0.3, -0.25) is 0 Å². The predicted molar refractivity (Wildman–Crippen MR) is 66.9 cm³/mol. The quantitative estimate of drug-likeness (QED) is 0.814. The van der Waals surface area contributed by atoms with E-state index in [1.165, 1.54) is 24.1 Å². The molecule has 0 amide bonds. The Morgan fingerprint density at radius 1 is 1.29 bits per heavy atom. The van der Waals surface area contributed by atoms with Gasteiger partial charge in [-0.25, -0.2) is 4.79 Å². The molecule has 3 nitrogen and oxygen atoms in total. The summed E-state index contributed by atoms with van der Waals surface area (Å²) in [5.41, 5.74) is 3.60. The van der Waals surface area contributed by atoms with Gasteiger partial charge in [-0.05, 0) is 43.4 Å². The number of benzene rings is 1.